The van der Waals surface area contributed by atoms with Gasteiger partial charge in [0.1, 0.15) is 0 Å². The minimum Gasteiger partial charge on any atom is -0.352 e. The predicted molar refractivity (Wildman–Crippen MR) is 102 cm³/mol. The number of amides is 2. The van der Waals surface area contributed by atoms with Crippen molar-refractivity contribution in [2.24, 2.45) is 0 Å². The quantitative estimate of drug-likeness (QED) is 0.911. The number of hydrogen-bond acceptors (Lipinski definition) is 3. The van der Waals surface area contributed by atoms with Crippen LogP contribution in [0, 0.1) is 0 Å². The molecule has 0 saturated heterocycles. The number of carbonyl (C=O) groups is 2. The van der Waals surface area contributed by atoms with Crippen molar-refractivity contribution in [2.75, 3.05) is 11.4 Å². The Labute approximate surface area is 152 Å². The lowest BCUT2D eigenvalue weighted by molar-refractivity contribution is -0.119. The van der Waals surface area contributed by atoms with E-state index in [-0.39, 0.29) is 11.8 Å². The third-order valence-electron chi connectivity index (χ3n) is 4.23. The molecule has 0 bridgehead atoms. The summed E-state index contributed by atoms with van der Waals surface area (Å²) < 4.78 is 0. The third kappa shape index (κ3) is 4.23. The number of thioether (sulfide) groups is 1. The second-order valence-electron chi connectivity index (χ2n) is 6.25. The summed E-state index contributed by atoms with van der Waals surface area (Å²) >= 11 is 1.83. The summed E-state index contributed by atoms with van der Waals surface area (Å²) in [4.78, 5) is 27.1. The first kappa shape index (κ1) is 17.5. The molecule has 2 aromatic carbocycles. The van der Waals surface area contributed by atoms with E-state index in [2.05, 4.69) is 18.3 Å². The van der Waals surface area contributed by atoms with Crippen molar-refractivity contribution >= 4 is 29.3 Å². The molecule has 1 atom stereocenters. The average molecular weight is 354 g/mol. The summed E-state index contributed by atoms with van der Waals surface area (Å²) in [6.45, 7) is 4.89. The molecule has 0 fully saturated rings. The Kier molecular flexibility index (Phi) is 5.43. The molecule has 0 aliphatic carbocycles. The Morgan fingerprint density at radius 1 is 1.16 bits per heavy atom. The van der Waals surface area contributed by atoms with Gasteiger partial charge in [0.05, 0.1) is 5.69 Å². The van der Waals surface area contributed by atoms with Crippen molar-refractivity contribution in [3.8, 4) is 0 Å². The molecule has 1 aliphatic heterocycles. The maximum atomic E-state index is 13.0. The van der Waals surface area contributed by atoms with Gasteiger partial charge in [-0.3, -0.25) is 9.59 Å². The zero-order chi connectivity index (χ0) is 17.8. The Morgan fingerprint density at radius 3 is 2.60 bits per heavy atom. The molecule has 4 nitrogen and oxygen atoms in total. The largest absolute Gasteiger partial charge is 0.352 e. The molecule has 25 heavy (non-hydrogen) atoms. The lowest BCUT2D eigenvalue weighted by Gasteiger charge is -2.22. The highest BCUT2D eigenvalue weighted by Crippen LogP contribution is 2.37. The van der Waals surface area contributed by atoms with E-state index in [9.17, 15) is 9.59 Å². The third-order valence-corrected chi connectivity index (χ3v) is 5.47. The molecule has 0 radical (unpaired) electrons. The molecule has 0 unspecified atom stereocenters. The Hall–Kier alpha value is -2.27. The Morgan fingerprint density at radius 2 is 1.88 bits per heavy atom. The van der Waals surface area contributed by atoms with E-state index in [4.69, 9.17) is 0 Å². The molecular weight excluding hydrogens is 332 g/mol. The van der Waals surface area contributed by atoms with Crippen LogP contribution in [0.2, 0.25) is 0 Å². The van der Waals surface area contributed by atoms with Crippen LogP contribution in [0.1, 0.15) is 36.2 Å². The number of carbonyl (C=O) groups excluding carboxylic acids is 2. The highest BCUT2D eigenvalue weighted by atomic mass is 32.2. The van der Waals surface area contributed by atoms with E-state index in [1.165, 1.54) is 6.92 Å². The van der Waals surface area contributed by atoms with Crippen LogP contribution in [0.15, 0.2) is 53.4 Å². The average Bonchev–Trinajstić information content (AvgIpc) is 2.78. The standard InChI is InChI=1S/C20H22N2O2S/c1-14-11-12-22(18-5-3-4-6-19(18)25-14)20(24)17-9-7-16(8-10-17)13-21-15(2)23/h3-10,14H,11-13H2,1-2H3,(H,21,23)/t14-/m0/s1. The van der Waals surface area contributed by atoms with Crippen LogP contribution < -0.4 is 10.2 Å². The molecule has 0 spiro atoms. The minimum atomic E-state index is -0.0621. The number of benzene rings is 2. The van der Waals surface area contributed by atoms with Crippen molar-refractivity contribution in [3.63, 3.8) is 0 Å². The first-order chi connectivity index (χ1) is 12.0. The molecule has 1 heterocycles. The number of nitrogens with zero attached hydrogens (tertiary/aromatic N) is 1. The second kappa shape index (κ2) is 7.74. The van der Waals surface area contributed by atoms with E-state index in [1.54, 1.807) is 0 Å². The van der Waals surface area contributed by atoms with Crippen molar-refractivity contribution in [2.45, 2.75) is 37.0 Å². The topological polar surface area (TPSA) is 49.4 Å². The van der Waals surface area contributed by atoms with Gasteiger partial charge in [-0.25, -0.2) is 0 Å². The van der Waals surface area contributed by atoms with Crippen LogP contribution in [-0.2, 0) is 11.3 Å². The van der Waals surface area contributed by atoms with Gasteiger partial charge in [0.2, 0.25) is 5.91 Å². The van der Waals surface area contributed by atoms with E-state index < -0.39 is 0 Å². The Balaban J connectivity index is 1.81. The first-order valence-corrected chi connectivity index (χ1v) is 9.33. The number of para-hydroxylation sites is 1. The molecule has 1 N–H and O–H groups in total. The van der Waals surface area contributed by atoms with Gasteiger partial charge in [-0.05, 0) is 36.2 Å². The van der Waals surface area contributed by atoms with E-state index >= 15 is 0 Å². The van der Waals surface area contributed by atoms with E-state index in [1.807, 2.05) is 59.1 Å². The van der Waals surface area contributed by atoms with Crippen LogP contribution in [0.5, 0.6) is 0 Å². The van der Waals surface area contributed by atoms with Gasteiger partial charge in [0.25, 0.3) is 5.91 Å². The zero-order valence-electron chi connectivity index (χ0n) is 14.5. The maximum absolute atomic E-state index is 13.0. The van der Waals surface area contributed by atoms with E-state index in [0.717, 1.165) is 29.1 Å². The molecule has 2 aromatic rings. The smallest absolute Gasteiger partial charge is 0.258 e. The molecule has 2 amide bonds. The second-order valence-corrected chi connectivity index (χ2v) is 7.73. The summed E-state index contributed by atoms with van der Waals surface area (Å²) in [5.74, 6) is -0.0406. The van der Waals surface area contributed by atoms with Crippen molar-refractivity contribution in [1.29, 1.82) is 0 Å². The fourth-order valence-corrected chi connectivity index (χ4v) is 3.96. The van der Waals surface area contributed by atoms with Gasteiger partial charge < -0.3 is 10.2 Å². The molecule has 0 saturated carbocycles. The minimum absolute atomic E-state index is 0.0215. The summed E-state index contributed by atoms with van der Waals surface area (Å²) in [6, 6.07) is 15.6. The Bertz CT molecular complexity index is 774. The normalized spacial score (nSPS) is 16.7. The van der Waals surface area contributed by atoms with E-state index in [0.29, 0.717) is 17.4 Å². The first-order valence-electron chi connectivity index (χ1n) is 8.45. The van der Waals surface area contributed by atoms with Crippen LogP contribution >= 0.6 is 11.8 Å². The molecular formula is C20H22N2O2S. The SMILES string of the molecule is CC(=O)NCc1ccc(C(=O)N2CC[C@H](C)Sc3ccccc32)cc1. The number of fused-ring (bicyclic) bond motifs is 1. The maximum Gasteiger partial charge on any atom is 0.258 e. The number of hydrogen-bond donors (Lipinski definition) is 1. The number of nitrogens with one attached hydrogen (secondary N) is 1. The van der Waals surface area contributed by atoms with Gasteiger partial charge in [0, 0.05) is 35.7 Å². The fraction of sp³-hybridized carbons (Fsp3) is 0.300. The zero-order valence-corrected chi connectivity index (χ0v) is 15.3. The van der Waals surface area contributed by atoms with Gasteiger partial charge in [-0.15, -0.1) is 11.8 Å². The van der Waals surface area contributed by atoms with Gasteiger partial charge in [0.15, 0.2) is 0 Å². The van der Waals surface area contributed by atoms with Crippen LogP contribution in [0.4, 0.5) is 5.69 Å². The lowest BCUT2D eigenvalue weighted by atomic mass is 10.1. The van der Waals surface area contributed by atoms with Crippen LogP contribution in [-0.4, -0.2) is 23.6 Å². The molecule has 1 aliphatic rings. The highest BCUT2D eigenvalue weighted by molar-refractivity contribution is 8.00. The van der Waals surface area contributed by atoms with Gasteiger partial charge in [-0.1, -0.05) is 31.2 Å². The van der Waals surface area contributed by atoms with Crippen molar-refractivity contribution < 1.29 is 9.59 Å². The summed E-state index contributed by atoms with van der Waals surface area (Å²) in [7, 11) is 0. The summed E-state index contributed by atoms with van der Waals surface area (Å²) in [6.07, 6.45) is 0.964. The number of rotatable bonds is 3. The highest BCUT2D eigenvalue weighted by Gasteiger charge is 2.24. The van der Waals surface area contributed by atoms with Crippen molar-refractivity contribution in [1.82, 2.24) is 5.32 Å². The summed E-state index contributed by atoms with van der Waals surface area (Å²) in [5, 5.41) is 3.25. The molecule has 0 aromatic heterocycles. The summed E-state index contributed by atoms with van der Waals surface area (Å²) in [5.41, 5.74) is 2.64. The molecule has 3 rings (SSSR count). The monoisotopic (exact) mass is 354 g/mol. The number of anilines is 1. The van der Waals surface area contributed by atoms with Gasteiger partial charge in [-0.2, -0.15) is 0 Å². The lowest BCUT2D eigenvalue weighted by Crippen LogP contribution is -2.32. The van der Waals surface area contributed by atoms with Crippen molar-refractivity contribution in [3.05, 3.63) is 59.7 Å². The molecule has 5 heteroatoms. The van der Waals surface area contributed by atoms with Gasteiger partial charge >= 0.3 is 0 Å². The fourth-order valence-electron chi connectivity index (χ4n) is 2.85. The predicted octanol–water partition coefficient (Wildman–Crippen LogP) is 3.85. The molecule has 130 valence electrons. The van der Waals surface area contributed by atoms with Crippen LogP contribution in [0.3, 0.4) is 0 Å². The van der Waals surface area contributed by atoms with Crippen LogP contribution in [0.25, 0.3) is 0 Å².